The number of carbonyl (C=O) groups excluding carboxylic acids is 1. The predicted molar refractivity (Wildman–Crippen MR) is 73.4 cm³/mol. The Morgan fingerprint density at radius 1 is 1.48 bits per heavy atom. The van der Waals surface area contributed by atoms with Crippen LogP contribution in [0.2, 0.25) is 0 Å². The summed E-state index contributed by atoms with van der Waals surface area (Å²) >= 11 is 0. The number of esters is 1. The molecule has 1 aliphatic heterocycles. The van der Waals surface area contributed by atoms with E-state index < -0.39 is 0 Å². The van der Waals surface area contributed by atoms with Crippen LogP contribution in [0.5, 0.6) is 0 Å². The summed E-state index contributed by atoms with van der Waals surface area (Å²) in [6.07, 6.45) is 0.855. The van der Waals surface area contributed by atoms with Crippen LogP contribution in [0.15, 0.2) is 24.3 Å². The number of methoxy groups -OCH3 is 1. The minimum absolute atomic E-state index is 0.0132. The molecule has 1 unspecified atom stereocenters. The van der Waals surface area contributed by atoms with Crippen LogP contribution < -0.4 is 5.32 Å². The molecule has 0 fully saturated rings. The highest BCUT2D eigenvalue weighted by Gasteiger charge is 2.25. The molecule has 2 heterocycles. The number of hydrogen-bond acceptors (Lipinski definition) is 5. The molecule has 0 spiro atoms. The Morgan fingerprint density at radius 2 is 2.24 bits per heavy atom. The summed E-state index contributed by atoms with van der Waals surface area (Å²) in [4.78, 5) is 15.6. The number of aromatic nitrogens is 3. The van der Waals surface area contributed by atoms with E-state index in [9.17, 15) is 9.18 Å². The van der Waals surface area contributed by atoms with Crippen molar-refractivity contribution in [2.75, 3.05) is 19.0 Å². The highest BCUT2D eigenvalue weighted by molar-refractivity contribution is 5.71. The first kappa shape index (κ1) is 13.5. The maximum Gasteiger partial charge on any atom is 0.313 e. The van der Waals surface area contributed by atoms with Crippen LogP contribution in [0, 0.1) is 5.82 Å². The average Bonchev–Trinajstić information content (AvgIpc) is 2.90. The second-order valence-corrected chi connectivity index (χ2v) is 4.83. The highest BCUT2D eigenvalue weighted by atomic mass is 19.1. The molecule has 0 radical (unpaired) electrons. The Morgan fingerprint density at radius 3 is 2.95 bits per heavy atom. The van der Waals surface area contributed by atoms with E-state index in [0.717, 1.165) is 18.5 Å². The molecule has 110 valence electrons. The van der Waals surface area contributed by atoms with Gasteiger partial charge in [-0.25, -0.2) is 9.07 Å². The third-order valence-electron chi connectivity index (χ3n) is 3.46. The molecule has 0 saturated heterocycles. The lowest BCUT2D eigenvalue weighted by molar-refractivity contribution is -0.139. The van der Waals surface area contributed by atoms with Crippen LogP contribution >= 0.6 is 0 Å². The largest absolute Gasteiger partial charge is 0.469 e. The summed E-state index contributed by atoms with van der Waals surface area (Å²) in [5.41, 5.74) is 0.966. The first-order valence-corrected chi connectivity index (χ1v) is 6.69. The van der Waals surface area contributed by atoms with Crippen molar-refractivity contribution in [3.05, 3.63) is 41.5 Å². The lowest BCUT2D eigenvalue weighted by atomic mass is 10.0. The number of nitrogens with zero attached hydrogens (tertiary/aromatic N) is 3. The topological polar surface area (TPSA) is 69.0 Å². The van der Waals surface area contributed by atoms with Crippen LogP contribution in [-0.2, 0) is 16.0 Å². The first-order chi connectivity index (χ1) is 10.2. The zero-order valence-electron chi connectivity index (χ0n) is 11.5. The van der Waals surface area contributed by atoms with Crippen LogP contribution in [-0.4, -0.2) is 34.4 Å². The number of nitrogens with one attached hydrogen (secondary N) is 1. The summed E-state index contributed by atoms with van der Waals surface area (Å²) in [5.74, 6) is 0.391. The Bertz CT molecular complexity index is 653. The van der Waals surface area contributed by atoms with Crippen LogP contribution in [0.3, 0.4) is 0 Å². The molecule has 6 nitrogen and oxygen atoms in total. The fourth-order valence-electron chi connectivity index (χ4n) is 2.42. The number of anilines is 1. The Hall–Kier alpha value is -2.44. The third kappa shape index (κ3) is 2.72. The van der Waals surface area contributed by atoms with Crippen molar-refractivity contribution in [3.8, 4) is 0 Å². The molecule has 1 aromatic heterocycles. The number of halogens is 1. The normalized spacial score (nSPS) is 17.0. The molecule has 1 aromatic carbocycles. The summed E-state index contributed by atoms with van der Waals surface area (Å²) in [5, 5.41) is 7.52. The number of fused-ring (bicyclic) bond motifs is 1. The maximum atomic E-state index is 13.0. The van der Waals surface area contributed by atoms with Crippen LogP contribution in [0.25, 0.3) is 0 Å². The van der Waals surface area contributed by atoms with Gasteiger partial charge in [0.15, 0.2) is 5.82 Å². The molecular formula is C14H15FN4O2. The van der Waals surface area contributed by atoms with Gasteiger partial charge < -0.3 is 10.1 Å². The Balaban J connectivity index is 1.90. The molecule has 3 rings (SSSR count). The molecule has 2 aromatic rings. The quantitative estimate of drug-likeness (QED) is 0.868. The monoisotopic (exact) mass is 290 g/mol. The second-order valence-electron chi connectivity index (χ2n) is 4.83. The molecule has 1 N–H and O–H groups in total. The molecule has 0 amide bonds. The molecule has 21 heavy (non-hydrogen) atoms. The molecule has 0 aliphatic carbocycles. The van der Waals surface area contributed by atoms with Crippen molar-refractivity contribution >= 4 is 11.9 Å². The first-order valence-electron chi connectivity index (χ1n) is 6.69. The third-order valence-corrected chi connectivity index (χ3v) is 3.46. The van der Waals surface area contributed by atoms with E-state index >= 15 is 0 Å². The Kier molecular flexibility index (Phi) is 3.55. The van der Waals surface area contributed by atoms with Gasteiger partial charge in [0.1, 0.15) is 12.2 Å². The van der Waals surface area contributed by atoms with Gasteiger partial charge in [-0.3, -0.25) is 4.79 Å². The van der Waals surface area contributed by atoms with Gasteiger partial charge in [0.25, 0.3) is 0 Å². The average molecular weight is 290 g/mol. The lowest BCUT2D eigenvalue weighted by Crippen LogP contribution is -2.24. The number of benzene rings is 1. The van der Waals surface area contributed by atoms with Crippen molar-refractivity contribution in [3.63, 3.8) is 0 Å². The van der Waals surface area contributed by atoms with Crippen molar-refractivity contribution < 1.29 is 13.9 Å². The molecular weight excluding hydrogens is 275 g/mol. The second kappa shape index (κ2) is 5.51. The van der Waals surface area contributed by atoms with Gasteiger partial charge in [0.05, 0.1) is 13.2 Å². The van der Waals surface area contributed by atoms with Crippen molar-refractivity contribution in [1.29, 1.82) is 0 Å². The van der Waals surface area contributed by atoms with E-state index in [0.29, 0.717) is 11.8 Å². The van der Waals surface area contributed by atoms with Gasteiger partial charge >= 0.3 is 5.97 Å². The van der Waals surface area contributed by atoms with E-state index in [1.165, 1.54) is 19.2 Å². The minimum atomic E-state index is -0.378. The van der Waals surface area contributed by atoms with E-state index in [-0.39, 0.29) is 24.2 Å². The van der Waals surface area contributed by atoms with Gasteiger partial charge in [-0.2, -0.15) is 10.1 Å². The van der Waals surface area contributed by atoms with Crippen molar-refractivity contribution in [2.24, 2.45) is 0 Å². The van der Waals surface area contributed by atoms with Crippen molar-refractivity contribution in [2.45, 2.75) is 18.9 Å². The Labute approximate surface area is 120 Å². The minimum Gasteiger partial charge on any atom is -0.469 e. The fraction of sp³-hybridized carbons (Fsp3) is 0.357. The standard InChI is InChI=1S/C14H15FN4O2/c1-21-13(20)8-12-17-14-16-7-6-11(19(14)18-12)9-2-4-10(15)5-3-9/h2-5,11H,6-8H2,1H3,(H,16,17,18). The van der Waals surface area contributed by atoms with Crippen LogP contribution in [0.1, 0.15) is 23.9 Å². The van der Waals surface area contributed by atoms with E-state index in [1.807, 2.05) is 0 Å². The van der Waals surface area contributed by atoms with Gasteiger partial charge in [-0.1, -0.05) is 12.1 Å². The zero-order valence-corrected chi connectivity index (χ0v) is 11.5. The fourth-order valence-corrected chi connectivity index (χ4v) is 2.42. The van der Waals surface area contributed by atoms with E-state index in [2.05, 4.69) is 20.1 Å². The van der Waals surface area contributed by atoms with E-state index in [4.69, 9.17) is 0 Å². The summed E-state index contributed by atoms with van der Waals surface area (Å²) in [7, 11) is 1.33. The number of rotatable bonds is 3. The van der Waals surface area contributed by atoms with Gasteiger partial charge in [0.2, 0.25) is 5.95 Å². The smallest absolute Gasteiger partial charge is 0.313 e. The van der Waals surface area contributed by atoms with Gasteiger partial charge in [-0.15, -0.1) is 0 Å². The number of carbonyl (C=O) groups is 1. The van der Waals surface area contributed by atoms with Crippen molar-refractivity contribution in [1.82, 2.24) is 14.8 Å². The van der Waals surface area contributed by atoms with Gasteiger partial charge in [-0.05, 0) is 24.1 Å². The zero-order chi connectivity index (χ0) is 14.8. The number of ether oxygens (including phenoxy) is 1. The molecule has 0 bridgehead atoms. The predicted octanol–water partition coefficient (Wildman–Crippen LogP) is 1.54. The van der Waals surface area contributed by atoms with Crippen LogP contribution in [0.4, 0.5) is 10.3 Å². The molecule has 1 atom stereocenters. The maximum absolute atomic E-state index is 13.0. The summed E-state index contributed by atoms with van der Waals surface area (Å²) in [6, 6.07) is 6.35. The number of hydrogen-bond donors (Lipinski definition) is 1. The summed E-state index contributed by atoms with van der Waals surface area (Å²) in [6.45, 7) is 0.748. The lowest BCUT2D eigenvalue weighted by Gasteiger charge is -2.24. The molecule has 7 heteroatoms. The molecule has 1 aliphatic rings. The summed E-state index contributed by atoms with van der Waals surface area (Å²) < 4.78 is 19.4. The van der Waals surface area contributed by atoms with Gasteiger partial charge in [0, 0.05) is 6.54 Å². The highest BCUT2D eigenvalue weighted by Crippen LogP contribution is 2.28. The molecule has 0 saturated carbocycles. The SMILES string of the molecule is COC(=O)Cc1nc2n(n1)C(c1ccc(F)cc1)CCN2. The van der Waals surface area contributed by atoms with E-state index in [1.54, 1.807) is 16.8 Å².